The first-order valence-electron chi connectivity index (χ1n) is 4.34. The van der Waals surface area contributed by atoms with Crippen LogP contribution in [0, 0.1) is 0 Å². The van der Waals surface area contributed by atoms with Crippen molar-refractivity contribution in [2.45, 2.75) is 40.0 Å². The Kier molecular flexibility index (Phi) is 6.87. The zero-order valence-electron chi connectivity index (χ0n) is 7.85. The number of unbranched alkanes of at least 4 members (excludes halogenated alkanes) is 1. The maximum Gasteiger partial charge on any atom is -0.0204 e. The van der Waals surface area contributed by atoms with Crippen LogP contribution in [0.2, 0.25) is 0 Å². The Morgan fingerprint density at radius 1 is 1.45 bits per heavy atom. The molecule has 0 nitrogen and oxygen atoms in total. The van der Waals surface area contributed by atoms with Gasteiger partial charge in [0, 0.05) is 0 Å². The molecule has 0 aliphatic heterocycles. The zero-order chi connectivity index (χ0) is 8.53. The lowest BCUT2D eigenvalue weighted by molar-refractivity contribution is 0.788. The lowest BCUT2D eigenvalue weighted by Gasteiger charge is -1.92. The van der Waals surface area contributed by atoms with Crippen molar-refractivity contribution >= 4 is 0 Å². The summed E-state index contributed by atoms with van der Waals surface area (Å²) in [7, 11) is 0. The van der Waals surface area contributed by atoms with Crippen LogP contribution in [-0.2, 0) is 0 Å². The molecular formula is C11H18. The zero-order valence-corrected chi connectivity index (χ0v) is 7.85. The van der Waals surface area contributed by atoms with Gasteiger partial charge in [0.15, 0.2) is 0 Å². The van der Waals surface area contributed by atoms with E-state index in [2.05, 4.69) is 19.6 Å². The van der Waals surface area contributed by atoms with Gasteiger partial charge in [-0.25, -0.2) is 0 Å². The molecule has 0 heteroatoms. The van der Waals surface area contributed by atoms with E-state index in [1.54, 1.807) is 0 Å². The van der Waals surface area contributed by atoms with Crippen LogP contribution in [0.4, 0.5) is 0 Å². The molecule has 0 amide bonds. The van der Waals surface area contributed by atoms with E-state index in [-0.39, 0.29) is 0 Å². The Labute approximate surface area is 70.3 Å². The molecule has 0 aromatic rings. The first kappa shape index (κ1) is 10.3. The van der Waals surface area contributed by atoms with Crippen LogP contribution in [0.3, 0.4) is 0 Å². The fourth-order valence-corrected chi connectivity index (χ4v) is 0.801. The minimum absolute atomic E-state index is 1.19. The molecule has 0 aliphatic carbocycles. The Morgan fingerprint density at radius 3 is 2.73 bits per heavy atom. The minimum Gasteiger partial charge on any atom is -0.122 e. The predicted molar refractivity (Wildman–Crippen MR) is 51.6 cm³/mol. The van der Waals surface area contributed by atoms with Crippen molar-refractivity contribution in [1.82, 2.24) is 0 Å². The number of hydrogen-bond acceptors (Lipinski definition) is 0. The van der Waals surface area contributed by atoms with Crippen LogP contribution >= 0.6 is 0 Å². The van der Waals surface area contributed by atoms with Gasteiger partial charge in [-0.1, -0.05) is 25.5 Å². The van der Waals surface area contributed by atoms with E-state index in [0.29, 0.717) is 0 Å². The summed E-state index contributed by atoms with van der Waals surface area (Å²) in [5.41, 5.74) is 4.58. The molecule has 11 heavy (non-hydrogen) atoms. The summed E-state index contributed by atoms with van der Waals surface area (Å²) in [4.78, 5) is 0. The summed E-state index contributed by atoms with van der Waals surface area (Å²) in [6, 6.07) is 0. The Bertz CT molecular complexity index is 166. The number of rotatable bonds is 4. The highest BCUT2D eigenvalue weighted by Gasteiger charge is 1.84. The van der Waals surface area contributed by atoms with E-state index < -0.39 is 0 Å². The maximum atomic E-state index is 3.22. The van der Waals surface area contributed by atoms with Crippen molar-refractivity contribution in [1.29, 1.82) is 0 Å². The lowest BCUT2D eigenvalue weighted by atomic mass is 10.1. The van der Waals surface area contributed by atoms with Crippen molar-refractivity contribution in [3.63, 3.8) is 0 Å². The summed E-state index contributed by atoms with van der Waals surface area (Å²) in [6.07, 6.45) is 9.73. The van der Waals surface area contributed by atoms with Crippen molar-refractivity contribution in [3.8, 4) is 0 Å². The SMILES string of the molecule is C/C=C\C=C=C(C)CCCC. The van der Waals surface area contributed by atoms with Gasteiger partial charge >= 0.3 is 0 Å². The molecule has 0 spiro atoms. The van der Waals surface area contributed by atoms with Gasteiger partial charge < -0.3 is 0 Å². The van der Waals surface area contributed by atoms with Gasteiger partial charge in [-0.05, 0) is 38.3 Å². The molecule has 0 saturated carbocycles. The fraction of sp³-hybridized carbons (Fsp3) is 0.545. The second kappa shape index (κ2) is 7.37. The highest BCUT2D eigenvalue weighted by Crippen LogP contribution is 2.03. The maximum absolute atomic E-state index is 3.22. The second-order valence-corrected chi connectivity index (χ2v) is 2.72. The predicted octanol–water partition coefficient (Wildman–Crippen LogP) is 3.85. The van der Waals surface area contributed by atoms with Gasteiger partial charge in [0.1, 0.15) is 0 Å². The average molecular weight is 150 g/mol. The fourth-order valence-electron chi connectivity index (χ4n) is 0.801. The average Bonchev–Trinajstić information content (AvgIpc) is 2.01. The van der Waals surface area contributed by atoms with Crippen LogP contribution in [0.1, 0.15) is 40.0 Å². The Balaban J connectivity index is 3.79. The van der Waals surface area contributed by atoms with Gasteiger partial charge in [-0.2, -0.15) is 0 Å². The molecule has 0 aromatic carbocycles. The van der Waals surface area contributed by atoms with Crippen molar-refractivity contribution in [3.05, 3.63) is 29.5 Å². The summed E-state index contributed by atoms with van der Waals surface area (Å²) in [6.45, 7) is 6.36. The van der Waals surface area contributed by atoms with E-state index >= 15 is 0 Å². The third-order valence-electron chi connectivity index (χ3n) is 1.52. The van der Waals surface area contributed by atoms with Crippen molar-refractivity contribution in [2.75, 3.05) is 0 Å². The molecule has 0 fully saturated rings. The van der Waals surface area contributed by atoms with Crippen LogP contribution < -0.4 is 0 Å². The molecule has 0 aromatic heterocycles. The van der Waals surface area contributed by atoms with E-state index in [1.807, 2.05) is 25.2 Å². The van der Waals surface area contributed by atoms with Gasteiger partial charge in [-0.3, -0.25) is 0 Å². The van der Waals surface area contributed by atoms with Crippen LogP contribution in [0.5, 0.6) is 0 Å². The molecule has 0 aliphatic rings. The lowest BCUT2D eigenvalue weighted by Crippen LogP contribution is -1.73. The van der Waals surface area contributed by atoms with Gasteiger partial charge in [0.25, 0.3) is 0 Å². The van der Waals surface area contributed by atoms with Gasteiger partial charge in [-0.15, -0.1) is 5.73 Å². The summed E-state index contributed by atoms with van der Waals surface area (Å²) >= 11 is 0. The number of allylic oxidation sites excluding steroid dienone is 3. The molecule has 62 valence electrons. The first-order valence-corrected chi connectivity index (χ1v) is 4.34. The van der Waals surface area contributed by atoms with E-state index in [4.69, 9.17) is 0 Å². The third-order valence-corrected chi connectivity index (χ3v) is 1.52. The topological polar surface area (TPSA) is 0 Å². The minimum atomic E-state index is 1.19. The smallest absolute Gasteiger partial charge is 0.0204 e. The molecule has 0 radical (unpaired) electrons. The first-order chi connectivity index (χ1) is 5.31. The molecule has 0 heterocycles. The molecular weight excluding hydrogens is 132 g/mol. The quantitative estimate of drug-likeness (QED) is 0.422. The van der Waals surface area contributed by atoms with Crippen molar-refractivity contribution < 1.29 is 0 Å². The van der Waals surface area contributed by atoms with E-state index in [9.17, 15) is 0 Å². The van der Waals surface area contributed by atoms with Crippen LogP contribution in [0.15, 0.2) is 29.5 Å². The normalized spacial score (nSPS) is 9.73. The summed E-state index contributed by atoms with van der Waals surface area (Å²) < 4.78 is 0. The number of hydrogen-bond donors (Lipinski definition) is 0. The summed E-state index contributed by atoms with van der Waals surface area (Å²) in [5.74, 6) is 0. The largest absolute Gasteiger partial charge is 0.122 e. The van der Waals surface area contributed by atoms with Crippen LogP contribution in [-0.4, -0.2) is 0 Å². The molecule has 0 bridgehead atoms. The van der Waals surface area contributed by atoms with Gasteiger partial charge in [0.05, 0.1) is 0 Å². The summed E-state index contributed by atoms with van der Waals surface area (Å²) in [5, 5.41) is 0. The second-order valence-electron chi connectivity index (χ2n) is 2.72. The Morgan fingerprint density at radius 2 is 2.18 bits per heavy atom. The molecule has 0 N–H and O–H groups in total. The monoisotopic (exact) mass is 150 g/mol. The van der Waals surface area contributed by atoms with Crippen LogP contribution in [0.25, 0.3) is 0 Å². The van der Waals surface area contributed by atoms with Crippen molar-refractivity contribution in [2.24, 2.45) is 0 Å². The third kappa shape index (κ3) is 7.15. The van der Waals surface area contributed by atoms with E-state index in [0.717, 1.165) is 0 Å². The molecule has 0 rings (SSSR count). The Hall–Kier alpha value is -0.740. The highest BCUT2D eigenvalue weighted by molar-refractivity contribution is 5.06. The molecule has 0 unspecified atom stereocenters. The highest BCUT2D eigenvalue weighted by atomic mass is 13.9. The standard InChI is InChI=1S/C11H18/c1-4-6-8-10-11(3)9-7-5-2/h4,6,8H,5,7,9H2,1-3H3/b6-4-. The molecule has 0 atom stereocenters. The molecule has 0 saturated heterocycles. The van der Waals surface area contributed by atoms with E-state index in [1.165, 1.54) is 24.8 Å². The van der Waals surface area contributed by atoms with Gasteiger partial charge in [0.2, 0.25) is 0 Å².